The smallest absolute Gasteiger partial charge is 0.232 e. The van der Waals surface area contributed by atoms with Crippen LogP contribution in [0.4, 0.5) is 10.3 Å². The van der Waals surface area contributed by atoms with Gasteiger partial charge in [0, 0.05) is 43.9 Å². The van der Waals surface area contributed by atoms with Crippen LogP contribution in [0.2, 0.25) is 0 Å². The van der Waals surface area contributed by atoms with Crippen molar-refractivity contribution in [3.63, 3.8) is 0 Å². The van der Waals surface area contributed by atoms with E-state index >= 15 is 0 Å². The molecule has 1 aromatic heterocycles. The Bertz CT molecular complexity index is 1020. The molecule has 0 aliphatic rings. The van der Waals surface area contributed by atoms with E-state index in [4.69, 9.17) is 9.26 Å². The van der Waals surface area contributed by atoms with E-state index in [-0.39, 0.29) is 12.4 Å². The molecule has 6 nitrogen and oxygen atoms in total. The molecule has 0 aliphatic heterocycles. The zero-order valence-corrected chi connectivity index (χ0v) is 20.0. The first-order chi connectivity index (χ1) is 16.6. The maximum Gasteiger partial charge on any atom is 0.232 e. The van der Waals surface area contributed by atoms with E-state index in [1.165, 1.54) is 6.07 Å². The molecular weight excluding hydrogens is 433 g/mol. The second kappa shape index (κ2) is 13.0. The molecule has 3 aromatic rings. The molecular formula is C27H34FN3O3. The Morgan fingerprint density at radius 1 is 1.09 bits per heavy atom. The van der Waals surface area contributed by atoms with Crippen molar-refractivity contribution >= 4 is 5.88 Å². The van der Waals surface area contributed by atoms with Gasteiger partial charge in [0.1, 0.15) is 11.5 Å². The normalized spacial score (nSPS) is 12.1. The molecule has 0 amide bonds. The van der Waals surface area contributed by atoms with Crippen LogP contribution in [0.15, 0.2) is 71.8 Å². The van der Waals surface area contributed by atoms with Gasteiger partial charge in [-0.05, 0) is 19.9 Å². The summed E-state index contributed by atoms with van der Waals surface area (Å²) in [5.74, 6) is 0.419. The van der Waals surface area contributed by atoms with Gasteiger partial charge in [0.15, 0.2) is 0 Å². The molecule has 7 heteroatoms. The topological polar surface area (TPSA) is 62.0 Å². The molecule has 0 aliphatic carbocycles. The van der Waals surface area contributed by atoms with Gasteiger partial charge in [0.05, 0.1) is 24.9 Å². The molecule has 2 aromatic carbocycles. The highest BCUT2D eigenvalue weighted by atomic mass is 19.1. The van der Waals surface area contributed by atoms with Crippen molar-refractivity contribution in [2.45, 2.75) is 33.0 Å². The quantitative estimate of drug-likeness (QED) is 0.269. The molecule has 1 heterocycles. The molecule has 0 saturated heterocycles. The molecule has 0 bridgehead atoms. The number of aliphatic hydroxyl groups is 1. The predicted molar refractivity (Wildman–Crippen MR) is 133 cm³/mol. The lowest BCUT2D eigenvalue weighted by Crippen LogP contribution is -2.35. The van der Waals surface area contributed by atoms with Gasteiger partial charge in [0.25, 0.3) is 0 Å². The zero-order chi connectivity index (χ0) is 24.3. The number of aromatic nitrogens is 1. The number of anilines is 1. The maximum atomic E-state index is 14.5. The van der Waals surface area contributed by atoms with Crippen LogP contribution >= 0.6 is 0 Å². The van der Waals surface area contributed by atoms with Crippen molar-refractivity contribution in [3.8, 4) is 11.3 Å². The minimum Gasteiger partial charge on any atom is -0.389 e. The van der Waals surface area contributed by atoms with Crippen LogP contribution in [0.1, 0.15) is 25.0 Å². The summed E-state index contributed by atoms with van der Waals surface area (Å²) >= 11 is 0. The minimum absolute atomic E-state index is 0.165. The summed E-state index contributed by atoms with van der Waals surface area (Å²) in [5.41, 5.74) is 3.16. The van der Waals surface area contributed by atoms with Gasteiger partial charge < -0.3 is 19.3 Å². The molecule has 34 heavy (non-hydrogen) atoms. The Morgan fingerprint density at radius 3 is 2.47 bits per heavy atom. The van der Waals surface area contributed by atoms with Crippen molar-refractivity contribution in [3.05, 3.63) is 84.2 Å². The Morgan fingerprint density at radius 2 is 1.79 bits per heavy atom. The Balaban J connectivity index is 1.95. The molecule has 0 saturated carbocycles. The number of halogens is 1. The van der Waals surface area contributed by atoms with Gasteiger partial charge in [-0.1, -0.05) is 59.8 Å². The summed E-state index contributed by atoms with van der Waals surface area (Å²) < 4.78 is 25.8. The highest BCUT2D eigenvalue weighted by Gasteiger charge is 2.25. The third-order valence-electron chi connectivity index (χ3n) is 5.61. The lowest BCUT2D eigenvalue weighted by atomic mass is 10.1. The van der Waals surface area contributed by atoms with Crippen molar-refractivity contribution in [2.24, 2.45) is 0 Å². The van der Waals surface area contributed by atoms with E-state index in [2.05, 4.69) is 30.5 Å². The first-order valence-electron chi connectivity index (χ1n) is 11.7. The fraction of sp³-hybridized carbons (Fsp3) is 0.370. The molecule has 1 atom stereocenters. The molecule has 3 rings (SSSR count). The van der Waals surface area contributed by atoms with E-state index in [1.54, 1.807) is 18.2 Å². The summed E-state index contributed by atoms with van der Waals surface area (Å²) in [4.78, 5) is 4.12. The van der Waals surface area contributed by atoms with Gasteiger partial charge in [0.2, 0.25) is 5.88 Å². The van der Waals surface area contributed by atoms with E-state index < -0.39 is 6.10 Å². The van der Waals surface area contributed by atoms with Gasteiger partial charge in [-0.15, -0.1) is 6.58 Å². The second-order valence-corrected chi connectivity index (χ2v) is 8.09. The van der Waals surface area contributed by atoms with Crippen LogP contribution in [-0.2, 0) is 17.8 Å². The highest BCUT2D eigenvalue weighted by Crippen LogP contribution is 2.33. The highest BCUT2D eigenvalue weighted by molar-refractivity contribution is 5.68. The molecule has 0 fully saturated rings. The van der Waals surface area contributed by atoms with Crippen molar-refractivity contribution in [2.75, 3.05) is 37.7 Å². The van der Waals surface area contributed by atoms with Gasteiger partial charge in [-0.3, -0.25) is 4.90 Å². The number of aliphatic hydroxyl groups excluding tert-OH is 1. The number of nitrogens with zero attached hydrogens (tertiary/aromatic N) is 3. The third-order valence-corrected chi connectivity index (χ3v) is 5.61. The second-order valence-electron chi connectivity index (χ2n) is 8.09. The zero-order valence-electron chi connectivity index (χ0n) is 20.0. The first-order valence-corrected chi connectivity index (χ1v) is 11.7. The Hall–Kier alpha value is -3.00. The van der Waals surface area contributed by atoms with Crippen LogP contribution < -0.4 is 4.90 Å². The van der Waals surface area contributed by atoms with Gasteiger partial charge in [-0.2, -0.15) is 0 Å². The monoisotopic (exact) mass is 467 g/mol. The first kappa shape index (κ1) is 25.6. The SMILES string of the molecule is C=CCOCC(O)CN(Cc1ccccc1F)Cc1c(-c2ccccc2)noc1N(CC)CC. The lowest BCUT2D eigenvalue weighted by Gasteiger charge is -2.27. The molecule has 0 radical (unpaired) electrons. The fourth-order valence-electron chi connectivity index (χ4n) is 3.94. The van der Waals surface area contributed by atoms with Crippen molar-refractivity contribution in [1.29, 1.82) is 0 Å². The average molecular weight is 468 g/mol. The number of benzene rings is 2. The minimum atomic E-state index is -0.747. The standard InChI is InChI=1S/C27H34FN3O3/c1-4-16-33-20-23(32)18-30(17-22-14-10-11-15-25(22)28)19-24-26(21-12-8-7-9-13-21)29-34-27(24)31(5-2)6-3/h4,7-15,23,32H,1,5-6,16-20H2,2-3H3. The van der Waals surface area contributed by atoms with Gasteiger partial charge in [-0.25, -0.2) is 4.39 Å². The van der Waals surface area contributed by atoms with E-state index in [0.29, 0.717) is 37.7 Å². The average Bonchev–Trinajstić information content (AvgIpc) is 3.25. The molecule has 1 N–H and O–H groups in total. The molecule has 0 spiro atoms. The number of hydrogen-bond acceptors (Lipinski definition) is 6. The summed E-state index contributed by atoms with van der Waals surface area (Å²) in [5, 5.41) is 15.0. The maximum absolute atomic E-state index is 14.5. The largest absolute Gasteiger partial charge is 0.389 e. The van der Waals surface area contributed by atoms with E-state index in [9.17, 15) is 9.50 Å². The Kier molecular flexibility index (Phi) is 9.82. The lowest BCUT2D eigenvalue weighted by molar-refractivity contribution is 0.0227. The van der Waals surface area contributed by atoms with Crippen LogP contribution in [0.3, 0.4) is 0 Å². The number of rotatable bonds is 14. The summed E-state index contributed by atoms with van der Waals surface area (Å²) in [6, 6.07) is 16.6. The number of hydrogen-bond donors (Lipinski definition) is 1. The molecule has 1 unspecified atom stereocenters. The Labute approximate surface area is 201 Å². The van der Waals surface area contributed by atoms with Crippen molar-refractivity contribution in [1.82, 2.24) is 10.1 Å². The van der Waals surface area contributed by atoms with Crippen LogP contribution in [0.5, 0.6) is 0 Å². The van der Waals surface area contributed by atoms with E-state index in [0.717, 1.165) is 29.9 Å². The van der Waals surface area contributed by atoms with Crippen LogP contribution in [0.25, 0.3) is 11.3 Å². The summed E-state index contributed by atoms with van der Waals surface area (Å²) in [6.45, 7) is 10.9. The third kappa shape index (κ3) is 6.76. The number of ether oxygens (including phenoxy) is 1. The molecule has 182 valence electrons. The van der Waals surface area contributed by atoms with Gasteiger partial charge >= 0.3 is 0 Å². The van der Waals surface area contributed by atoms with Crippen molar-refractivity contribution < 1.29 is 18.8 Å². The van der Waals surface area contributed by atoms with Crippen LogP contribution in [-0.4, -0.2) is 54.1 Å². The fourth-order valence-corrected chi connectivity index (χ4v) is 3.94. The summed E-state index contributed by atoms with van der Waals surface area (Å²) in [6.07, 6.45) is 0.896. The summed E-state index contributed by atoms with van der Waals surface area (Å²) in [7, 11) is 0. The predicted octanol–water partition coefficient (Wildman–Crippen LogP) is 4.89. The van der Waals surface area contributed by atoms with E-state index in [1.807, 2.05) is 41.3 Å². The van der Waals surface area contributed by atoms with Crippen LogP contribution in [0, 0.1) is 5.82 Å².